The fourth-order valence-electron chi connectivity index (χ4n) is 17.9. The summed E-state index contributed by atoms with van der Waals surface area (Å²) in [5, 5.41) is 25.9. The number of aromatic amines is 5. The summed E-state index contributed by atoms with van der Waals surface area (Å²) in [4.78, 5) is 142. The van der Waals surface area contributed by atoms with Gasteiger partial charge in [0.05, 0.1) is 108 Å². The highest BCUT2D eigenvalue weighted by Gasteiger charge is 2.37. The highest BCUT2D eigenvalue weighted by Crippen LogP contribution is 2.45. The molecule has 0 unspecified atom stereocenters. The van der Waals surface area contributed by atoms with Crippen molar-refractivity contribution >= 4 is 214 Å². The molecule has 5 aliphatic rings. The second-order valence-electron chi connectivity index (χ2n) is 34.9. The van der Waals surface area contributed by atoms with E-state index in [1.54, 1.807) is 53.9 Å². The van der Waals surface area contributed by atoms with Crippen LogP contribution in [0, 0.1) is 12.2 Å². The molecule has 139 heavy (non-hydrogen) atoms. The molecular weight excluding hydrogens is 1910 g/mol. The molecule has 0 radical (unpaired) electrons. The largest absolute Gasteiger partial charge is 0.368 e. The molecule has 5 aromatic carbocycles. The molecule has 20 aromatic rings. The minimum Gasteiger partial charge on any atom is -0.368 e. The van der Waals surface area contributed by atoms with Crippen molar-refractivity contribution in [2.24, 2.45) is 0 Å². The molecular formula is C95H83Cl6F2N31O5. The number of benzene rings is 5. The molecule has 15 aromatic heterocycles. The third-order valence-corrected chi connectivity index (χ3v) is 26.9. The second-order valence-corrected chi connectivity index (χ2v) is 37.3. The molecule has 36 nitrogen and oxygen atoms in total. The van der Waals surface area contributed by atoms with E-state index in [9.17, 15) is 32.8 Å². The van der Waals surface area contributed by atoms with Crippen molar-refractivity contribution in [1.29, 1.82) is 0 Å². The first-order valence-electron chi connectivity index (χ1n) is 45.0. The number of rotatable bonds is 20. The second kappa shape index (κ2) is 37.0. The van der Waals surface area contributed by atoms with E-state index in [1.165, 1.54) is 19.0 Å². The number of nitrogens with one attached hydrogen (secondary N) is 10. The van der Waals surface area contributed by atoms with Crippen LogP contribution < -0.4 is 60.1 Å². The minimum atomic E-state index is -0.862. The van der Waals surface area contributed by atoms with Gasteiger partial charge in [-0.1, -0.05) is 119 Å². The lowest BCUT2D eigenvalue weighted by atomic mass is 10.1. The van der Waals surface area contributed by atoms with Crippen LogP contribution in [0.1, 0.15) is 188 Å². The minimum absolute atomic E-state index is 0.0291. The number of fused-ring (bicyclic) bond motifs is 10. The highest BCUT2D eigenvalue weighted by molar-refractivity contribution is 6.37. The normalized spacial score (nSPS) is 15.3. The number of H-pyrrole nitrogens is 5. The lowest BCUT2D eigenvalue weighted by molar-refractivity contribution is 0.543. The number of pyridine rings is 5. The van der Waals surface area contributed by atoms with Crippen molar-refractivity contribution in [3.63, 3.8) is 0 Å². The first kappa shape index (κ1) is 90.8. The van der Waals surface area contributed by atoms with Gasteiger partial charge >= 0.3 is 6.08 Å². The van der Waals surface area contributed by atoms with Crippen LogP contribution in [0.3, 0.4) is 0 Å². The SMILES string of the molecule is C[C@H](Nc1nc(Cl)nc2nc[nH]c12)c1cc2cccc(Cl)c2c(=O)n1C1CC1.C[C@H](Nc1nc(F)nc2nc[nH]c12)c1cc2cccc(Cl)c2c(=O)n1C1CC1.C[C@H](Nc1nc(N)nc2nc[nH]c12)c1cc2cccc(Cl)c2c(=O)n1C1CC1.C[C@H](Nc1ncnc2nc(F)[nH]c12)c1cc2cccc(Cl)c2c(=O)n1C1CC1.C[C@H](Nc1ncnc2nc[nH]c12)c1cc2cccc(Cl)c2c(=O)n1C1CC1. The predicted octanol–water partition coefficient (Wildman–Crippen LogP) is 19.7. The highest BCUT2D eigenvalue weighted by atomic mass is 35.5. The van der Waals surface area contributed by atoms with Crippen molar-refractivity contribution in [3.05, 3.63) is 282 Å². The summed E-state index contributed by atoms with van der Waals surface area (Å²) in [5.74, 6) is 2.61. The molecule has 0 spiro atoms. The molecule has 5 atom stereocenters. The molecule has 704 valence electrons. The van der Waals surface area contributed by atoms with Crippen LogP contribution in [0.15, 0.2) is 183 Å². The zero-order valence-electron chi connectivity index (χ0n) is 74.4. The first-order chi connectivity index (χ1) is 67.2. The van der Waals surface area contributed by atoms with Crippen molar-refractivity contribution in [2.45, 2.75) is 159 Å². The van der Waals surface area contributed by atoms with Crippen LogP contribution in [0.25, 0.3) is 110 Å². The van der Waals surface area contributed by atoms with Gasteiger partial charge in [0.2, 0.25) is 11.2 Å². The number of aromatic nitrogens is 25. The molecule has 5 aliphatic carbocycles. The fraction of sp³-hybridized carbons (Fsp3) is 0.263. The Hall–Kier alpha value is -14.7. The number of halogens is 8. The molecule has 25 rings (SSSR count). The Balaban J connectivity index is 0.000000103. The molecule has 0 saturated heterocycles. The Labute approximate surface area is 813 Å². The Morgan fingerprint density at radius 1 is 0.324 bits per heavy atom. The third-order valence-electron chi connectivity index (χ3n) is 25.1. The van der Waals surface area contributed by atoms with Crippen molar-refractivity contribution in [1.82, 2.24) is 123 Å². The average Bonchev–Trinajstić information content (AvgIpc) is 1.70. The standard InChI is InChI=1S/C19H16Cl2N6O.2C19H16ClFN6O.C19H18ClN7O.C19H17ClN6O/c1-9(24-17-15-16(23-8-22-15)25-19(21)26-17)13-7-10-3-2-4-12(20)14(10)18(28)27(13)11-5-6-11;1-9(24-16-15-17(23-8-22-16)26-19(21)25-15)13-7-10-3-2-4-12(20)14(10)18(28)27(13)11-5-6-11;2*1-9(24-17-15-16(23-8-22-15)25-19(21)26-17)13-7-10-3-2-4-12(20)14(10)18(28)27(13)11-5-6-11;1-10(25-18-16-17(22-8-21-16)23-9-24-18)14-7-11-3-2-4-13(20)15(11)19(27)26(14)12-5-6-12/h3*2-4,7-9,11H,5-6H2,1H3,(H2,22,23,24,25,26);2-4,7-9,11H,5-6H2,1H3,(H4,21,22,23,24,25,26);2-4,7-10,12H,5-6H2,1H3,(H2,21,22,23,24,25)/t4*9-;10-/m00000/s1. The van der Waals surface area contributed by atoms with Gasteiger partial charge in [-0.3, -0.25) is 24.0 Å². The van der Waals surface area contributed by atoms with E-state index in [-0.39, 0.29) is 111 Å². The monoisotopic (exact) mass is 1990 g/mol. The summed E-state index contributed by atoms with van der Waals surface area (Å²) in [5.41, 5.74) is 14.8. The molecule has 5 fully saturated rings. The molecule has 5 saturated carbocycles. The molecule has 0 aliphatic heterocycles. The number of hydrogen-bond donors (Lipinski definition) is 11. The maximum atomic E-state index is 13.8. The summed E-state index contributed by atoms with van der Waals surface area (Å²) in [6.07, 6.45) is 17.1. The van der Waals surface area contributed by atoms with Crippen molar-refractivity contribution in [2.75, 3.05) is 32.3 Å². The maximum Gasteiger partial charge on any atom is 0.312 e. The topological polar surface area (TPSA) is 468 Å². The summed E-state index contributed by atoms with van der Waals surface area (Å²) in [6, 6.07) is 37.3. The molecule has 12 N–H and O–H groups in total. The van der Waals surface area contributed by atoms with E-state index in [0.717, 1.165) is 125 Å². The van der Waals surface area contributed by atoms with Crippen LogP contribution >= 0.6 is 69.6 Å². The van der Waals surface area contributed by atoms with Gasteiger partial charge in [-0.25, -0.2) is 39.9 Å². The number of nitrogens with zero attached hydrogens (tertiary/aromatic N) is 20. The number of anilines is 6. The lowest BCUT2D eigenvalue weighted by Gasteiger charge is -2.21. The third kappa shape index (κ3) is 17.9. The van der Waals surface area contributed by atoms with E-state index < -0.39 is 12.2 Å². The zero-order valence-corrected chi connectivity index (χ0v) is 79.0. The Kier molecular flexibility index (Phi) is 24.1. The van der Waals surface area contributed by atoms with Crippen LogP contribution in [-0.2, 0) is 0 Å². The lowest BCUT2D eigenvalue weighted by Crippen LogP contribution is -2.26. The van der Waals surface area contributed by atoms with Gasteiger partial charge in [0.15, 0.2) is 57.3 Å². The van der Waals surface area contributed by atoms with E-state index in [4.69, 9.17) is 75.3 Å². The van der Waals surface area contributed by atoms with Gasteiger partial charge in [-0.05, 0) is 198 Å². The average molecular weight is 1990 g/mol. The summed E-state index contributed by atoms with van der Waals surface area (Å²) < 4.78 is 36.5. The summed E-state index contributed by atoms with van der Waals surface area (Å²) in [6.45, 7) is 9.85. The summed E-state index contributed by atoms with van der Waals surface area (Å²) in [7, 11) is 0. The Morgan fingerprint density at radius 2 is 0.597 bits per heavy atom. The van der Waals surface area contributed by atoms with Crippen LogP contribution in [-0.4, -0.2) is 123 Å². The number of nitrogen functional groups attached to an aromatic ring is 1. The zero-order chi connectivity index (χ0) is 96.2. The molecule has 15 heterocycles. The molecule has 0 amide bonds. The van der Waals surface area contributed by atoms with Crippen molar-refractivity contribution < 1.29 is 8.78 Å². The van der Waals surface area contributed by atoms with Crippen molar-refractivity contribution in [3.8, 4) is 0 Å². The van der Waals surface area contributed by atoms with E-state index >= 15 is 0 Å². The van der Waals surface area contributed by atoms with Gasteiger partial charge in [-0.15, -0.1) is 0 Å². The van der Waals surface area contributed by atoms with E-state index in [0.29, 0.717) is 120 Å². The van der Waals surface area contributed by atoms with Gasteiger partial charge in [0.1, 0.15) is 40.2 Å². The van der Waals surface area contributed by atoms with Crippen LogP contribution in [0.5, 0.6) is 0 Å². The van der Waals surface area contributed by atoms with Gasteiger partial charge in [0.25, 0.3) is 33.9 Å². The van der Waals surface area contributed by atoms with E-state index in [2.05, 4.69) is 126 Å². The predicted molar refractivity (Wildman–Crippen MR) is 535 cm³/mol. The summed E-state index contributed by atoms with van der Waals surface area (Å²) >= 11 is 37.6. The van der Waals surface area contributed by atoms with E-state index in [1.807, 2.05) is 144 Å². The van der Waals surface area contributed by atoms with Gasteiger partial charge in [0, 0.05) is 58.7 Å². The Bertz CT molecular complexity index is 8160. The molecule has 44 heteroatoms. The fourth-order valence-corrected chi connectivity index (χ4v) is 19.4. The van der Waals surface area contributed by atoms with Crippen LogP contribution in [0.2, 0.25) is 30.4 Å². The first-order valence-corrected chi connectivity index (χ1v) is 47.2. The quantitative estimate of drug-likeness (QED) is 0.0249. The van der Waals surface area contributed by atoms with Crippen LogP contribution in [0.4, 0.5) is 43.8 Å². The Morgan fingerprint density at radius 3 is 0.935 bits per heavy atom. The van der Waals surface area contributed by atoms with Gasteiger partial charge < -0.3 is 80.1 Å². The number of imidazole rings is 5. The maximum absolute atomic E-state index is 13.8. The smallest absolute Gasteiger partial charge is 0.312 e. The number of hydrogen-bond acceptors (Lipinski definition) is 26. The molecule has 0 bridgehead atoms. The number of nitrogens with two attached hydrogens (primary N) is 1. The van der Waals surface area contributed by atoms with Gasteiger partial charge in [-0.2, -0.15) is 43.7 Å².